The summed E-state index contributed by atoms with van der Waals surface area (Å²) in [7, 11) is 0. The fraction of sp³-hybridized carbons (Fsp3) is 0.852. The number of carbonyl (C=O) groups is 3. The van der Waals surface area contributed by atoms with Crippen molar-refractivity contribution in [1.29, 1.82) is 0 Å². The van der Waals surface area contributed by atoms with Gasteiger partial charge in [-0.2, -0.15) is 0 Å². The molecular formula is C61H110O7. The zero-order valence-corrected chi connectivity index (χ0v) is 45.0. The molecule has 0 bridgehead atoms. The van der Waals surface area contributed by atoms with Gasteiger partial charge in [-0.05, 0) is 109 Å². The van der Waals surface area contributed by atoms with E-state index < -0.39 is 24.2 Å². The second-order valence-electron chi connectivity index (χ2n) is 20.4. The summed E-state index contributed by atoms with van der Waals surface area (Å²) in [4.78, 5) is 39.4. The highest BCUT2D eigenvalue weighted by Gasteiger charge is 2.46. The van der Waals surface area contributed by atoms with Crippen LogP contribution in [0.5, 0.6) is 0 Å². The van der Waals surface area contributed by atoms with Gasteiger partial charge in [-0.15, -0.1) is 0 Å². The minimum absolute atomic E-state index is 0.270. The van der Waals surface area contributed by atoms with Gasteiger partial charge in [-0.25, -0.2) is 0 Å². The average molecular weight is 956 g/mol. The third-order valence-corrected chi connectivity index (χ3v) is 14.0. The van der Waals surface area contributed by atoms with Gasteiger partial charge in [0.15, 0.2) is 0 Å². The van der Waals surface area contributed by atoms with Gasteiger partial charge in [0.1, 0.15) is 18.3 Å². The highest BCUT2D eigenvalue weighted by Crippen LogP contribution is 2.36. The number of aliphatic hydroxyl groups excluding tert-OH is 1. The van der Waals surface area contributed by atoms with Gasteiger partial charge in [0.2, 0.25) is 0 Å². The summed E-state index contributed by atoms with van der Waals surface area (Å²) in [6.45, 7) is 6.42. The van der Waals surface area contributed by atoms with Crippen molar-refractivity contribution in [1.82, 2.24) is 0 Å². The van der Waals surface area contributed by atoms with Crippen molar-refractivity contribution < 1.29 is 33.7 Å². The van der Waals surface area contributed by atoms with Crippen LogP contribution in [0.1, 0.15) is 303 Å². The monoisotopic (exact) mass is 955 g/mol. The van der Waals surface area contributed by atoms with Gasteiger partial charge in [0, 0.05) is 25.2 Å². The molecule has 0 aromatic heterocycles. The Labute approximate surface area is 420 Å². The first-order valence-corrected chi connectivity index (χ1v) is 29.6. The molecule has 0 spiro atoms. The van der Waals surface area contributed by atoms with Crippen LogP contribution in [0, 0.1) is 5.92 Å². The summed E-state index contributed by atoms with van der Waals surface area (Å²) in [6, 6.07) is 0. The van der Waals surface area contributed by atoms with Crippen molar-refractivity contribution in [3.63, 3.8) is 0 Å². The Hall–Kier alpha value is -2.41. The van der Waals surface area contributed by atoms with Crippen LogP contribution in [0.15, 0.2) is 36.5 Å². The van der Waals surface area contributed by atoms with Crippen LogP contribution in [-0.4, -0.2) is 47.9 Å². The van der Waals surface area contributed by atoms with Crippen LogP contribution >= 0.6 is 0 Å². The third kappa shape index (κ3) is 39.3. The van der Waals surface area contributed by atoms with E-state index in [1.54, 1.807) is 0 Å². The van der Waals surface area contributed by atoms with Crippen molar-refractivity contribution in [2.45, 2.75) is 322 Å². The molecule has 396 valence electrons. The molecule has 1 fully saturated rings. The third-order valence-electron chi connectivity index (χ3n) is 14.0. The smallest absolute Gasteiger partial charge is 0.306 e. The summed E-state index contributed by atoms with van der Waals surface area (Å²) < 4.78 is 18.0. The fourth-order valence-corrected chi connectivity index (χ4v) is 9.59. The minimum Gasteiger partial charge on any atom is -0.459 e. The molecule has 0 amide bonds. The standard InChI is InChI=1S/C61H110O7/c1-4-7-10-13-16-19-22-25-28-31-34-37-40-43-46-49-58(63)66-56-53-52-55(61(56)68-60(65)51-48-45-42-39-36-33-30-27-24-21-18-15-12-9-6-3)57(54-62)67-59(64)50-47-44-41-38-35-32-29-26-23-20-17-14-11-8-5-2/h25-30,55-57,61-62H,4-24,31-54H2,1-3H3/b28-25-,29-26-,30-27-/t55-,56+,57-,61+/m1/s1. The Balaban J connectivity index is 2.51. The van der Waals surface area contributed by atoms with Crippen LogP contribution in [-0.2, 0) is 28.6 Å². The summed E-state index contributed by atoms with van der Waals surface area (Å²) in [5.74, 6) is -1.33. The molecule has 0 aromatic rings. The number of hydrogen-bond acceptors (Lipinski definition) is 7. The maximum atomic E-state index is 13.3. The molecule has 1 N–H and O–H groups in total. The van der Waals surface area contributed by atoms with Crippen LogP contribution < -0.4 is 0 Å². The summed E-state index contributed by atoms with van der Waals surface area (Å²) >= 11 is 0. The average Bonchev–Trinajstić information content (AvgIpc) is 3.72. The number of hydrogen-bond donors (Lipinski definition) is 1. The van der Waals surface area contributed by atoms with Crippen LogP contribution in [0.25, 0.3) is 0 Å². The normalized spacial score (nSPS) is 16.7. The highest BCUT2D eigenvalue weighted by molar-refractivity contribution is 5.71. The maximum Gasteiger partial charge on any atom is 0.306 e. The number of allylic oxidation sites excluding steroid dienone is 6. The van der Waals surface area contributed by atoms with Gasteiger partial charge in [-0.3, -0.25) is 14.4 Å². The molecule has 0 unspecified atom stereocenters. The fourth-order valence-electron chi connectivity index (χ4n) is 9.59. The largest absolute Gasteiger partial charge is 0.459 e. The van der Waals surface area contributed by atoms with E-state index in [9.17, 15) is 19.5 Å². The molecule has 1 rings (SSSR count). The number of unbranched alkanes of at least 4 members (excludes halogenated alkanes) is 33. The number of rotatable bonds is 50. The van der Waals surface area contributed by atoms with E-state index in [0.29, 0.717) is 32.1 Å². The maximum absolute atomic E-state index is 13.3. The zero-order valence-electron chi connectivity index (χ0n) is 45.0. The molecule has 1 saturated carbocycles. The Kier molecular flexibility index (Phi) is 46.4. The molecule has 1 aliphatic rings. The Bertz CT molecular complexity index is 1220. The Morgan fingerprint density at radius 2 is 0.691 bits per heavy atom. The number of esters is 3. The molecule has 0 radical (unpaired) electrons. The van der Waals surface area contributed by atoms with Crippen LogP contribution in [0.2, 0.25) is 0 Å². The first kappa shape index (κ1) is 63.6. The van der Waals surface area contributed by atoms with Gasteiger partial charge in [0.05, 0.1) is 6.61 Å². The van der Waals surface area contributed by atoms with Gasteiger partial charge in [0.25, 0.3) is 0 Å². The van der Waals surface area contributed by atoms with E-state index in [4.69, 9.17) is 14.2 Å². The number of carbonyl (C=O) groups excluding carboxylic acids is 3. The minimum atomic E-state index is -0.808. The van der Waals surface area contributed by atoms with E-state index in [0.717, 1.165) is 96.3 Å². The lowest BCUT2D eigenvalue weighted by Gasteiger charge is -2.29. The topological polar surface area (TPSA) is 99.1 Å². The van der Waals surface area contributed by atoms with Crippen molar-refractivity contribution in [3.8, 4) is 0 Å². The predicted octanol–water partition coefficient (Wildman–Crippen LogP) is 18.2. The second-order valence-corrected chi connectivity index (χ2v) is 20.4. The lowest BCUT2D eigenvalue weighted by atomic mass is 9.98. The molecule has 1 aliphatic carbocycles. The van der Waals surface area contributed by atoms with E-state index in [1.165, 1.54) is 154 Å². The molecular weight excluding hydrogens is 845 g/mol. The molecule has 0 aromatic carbocycles. The zero-order chi connectivity index (χ0) is 49.2. The summed E-state index contributed by atoms with van der Waals surface area (Å²) in [5.41, 5.74) is 0. The van der Waals surface area contributed by atoms with Gasteiger partial charge < -0.3 is 19.3 Å². The Morgan fingerprint density at radius 1 is 0.397 bits per heavy atom. The van der Waals surface area contributed by atoms with E-state index >= 15 is 0 Å². The Morgan fingerprint density at radius 3 is 1.03 bits per heavy atom. The number of ether oxygens (including phenoxy) is 3. The van der Waals surface area contributed by atoms with Crippen molar-refractivity contribution in [2.24, 2.45) is 5.92 Å². The summed E-state index contributed by atoms with van der Waals surface area (Å²) in [6.07, 6.45) is 60.3. The quantitative estimate of drug-likeness (QED) is 0.0281. The van der Waals surface area contributed by atoms with E-state index in [-0.39, 0.29) is 24.5 Å². The molecule has 0 aliphatic heterocycles. The van der Waals surface area contributed by atoms with Crippen molar-refractivity contribution in [3.05, 3.63) is 36.5 Å². The second kappa shape index (κ2) is 49.6. The molecule has 0 heterocycles. The molecule has 7 nitrogen and oxygen atoms in total. The van der Waals surface area contributed by atoms with Crippen molar-refractivity contribution in [2.75, 3.05) is 6.61 Å². The molecule has 4 atom stereocenters. The number of aliphatic hydroxyl groups is 1. The van der Waals surface area contributed by atoms with Gasteiger partial charge in [-0.1, -0.05) is 211 Å². The lowest BCUT2D eigenvalue weighted by Crippen LogP contribution is -2.42. The van der Waals surface area contributed by atoms with Crippen LogP contribution in [0.4, 0.5) is 0 Å². The highest BCUT2D eigenvalue weighted by atomic mass is 16.6. The first-order valence-electron chi connectivity index (χ1n) is 29.6. The van der Waals surface area contributed by atoms with Crippen molar-refractivity contribution >= 4 is 17.9 Å². The van der Waals surface area contributed by atoms with Crippen LogP contribution in [0.3, 0.4) is 0 Å². The summed E-state index contributed by atoms with van der Waals surface area (Å²) in [5, 5.41) is 10.5. The van der Waals surface area contributed by atoms with E-state index in [1.807, 2.05) is 0 Å². The van der Waals surface area contributed by atoms with E-state index in [2.05, 4.69) is 57.2 Å². The van der Waals surface area contributed by atoms with Gasteiger partial charge >= 0.3 is 17.9 Å². The SMILES string of the molecule is CCCCCCCC/C=C\CCCCCCCC(=O)O[C@H]1[C@@H]([C@@H](CO)OC(=O)CCCCCCC/C=C\CCCCCCCC)CC[C@@H]1OC(=O)CCCCCCC/C=C\CCCCCCCC. The molecule has 7 heteroatoms. The predicted molar refractivity (Wildman–Crippen MR) is 288 cm³/mol. The lowest BCUT2D eigenvalue weighted by molar-refractivity contribution is -0.175. The molecule has 68 heavy (non-hydrogen) atoms. The first-order chi connectivity index (χ1) is 33.5. The molecule has 0 saturated heterocycles.